The number of fused-ring (bicyclic) bond motifs is 2. The molecule has 7 heteroatoms. The lowest BCUT2D eigenvalue weighted by Crippen LogP contribution is -2.45. The van der Waals surface area contributed by atoms with Crippen molar-refractivity contribution in [3.63, 3.8) is 0 Å². The normalized spacial score (nSPS) is 19.0. The zero-order valence-corrected chi connectivity index (χ0v) is 19.7. The minimum Gasteiger partial charge on any atom is -0.390 e. The summed E-state index contributed by atoms with van der Waals surface area (Å²) < 4.78 is 0. The van der Waals surface area contributed by atoms with Crippen molar-refractivity contribution in [1.82, 2.24) is 15.0 Å². The van der Waals surface area contributed by atoms with E-state index in [0.717, 1.165) is 59.0 Å². The first kappa shape index (κ1) is 21.5. The average molecular weight is 470 g/mol. The lowest BCUT2D eigenvalue weighted by Gasteiger charge is -2.42. The monoisotopic (exact) mass is 469 g/mol. The van der Waals surface area contributed by atoms with Crippen LogP contribution in [0.15, 0.2) is 76.9 Å². The first-order chi connectivity index (χ1) is 16.7. The Morgan fingerprint density at radius 3 is 2.65 bits per heavy atom. The van der Waals surface area contributed by atoms with Crippen LogP contribution in [0.4, 0.5) is 5.82 Å². The molecule has 2 aliphatic rings. The molecule has 1 spiro atoms. The predicted molar refractivity (Wildman–Crippen MR) is 135 cm³/mol. The number of para-hydroxylation sites is 1. The molecule has 2 aromatic carbocycles. The lowest BCUT2D eigenvalue weighted by molar-refractivity contribution is 0.186. The van der Waals surface area contributed by atoms with Crippen molar-refractivity contribution in [2.75, 3.05) is 18.0 Å². The van der Waals surface area contributed by atoms with Crippen LogP contribution in [0, 0.1) is 5.41 Å². The maximum Gasteiger partial charge on any atom is 0.152 e. The van der Waals surface area contributed by atoms with E-state index in [0.29, 0.717) is 5.69 Å². The van der Waals surface area contributed by atoms with Crippen molar-refractivity contribution in [3.05, 3.63) is 83.8 Å². The number of aliphatic hydroxyl groups excluding tert-OH is 1. The Balaban J connectivity index is 1.21. The second-order valence-electron chi connectivity index (χ2n) is 9.27. The topological polar surface area (TPSA) is 88.2 Å². The molecule has 0 unspecified atom stereocenters. The molecule has 6 nitrogen and oxygen atoms in total. The smallest absolute Gasteiger partial charge is 0.152 e. The van der Waals surface area contributed by atoms with Crippen LogP contribution in [0.1, 0.15) is 35.7 Å². The molecule has 1 aliphatic heterocycles. The van der Waals surface area contributed by atoms with Gasteiger partial charge in [-0.25, -0.2) is 9.97 Å². The number of nitrogens with two attached hydrogens (primary N) is 1. The highest BCUT2D eigenvalue weighted by atomic mass is 32.2. The van der Waals surface area contributed by atoms with Gasteiger partial charge in [0.15, 0.2) is 5.82 Å². The van der Waals surface area contributed by atoms with Gasteiger partial charge in [0.2, 0.25) is 0 Å². The predicted octanol–water partition coefficient (Wildman–Crippen LogP) is 4.51. The third kappa shape index (κ3) is 3.64. The molecule has 34 heavy (non-hydrogen) atoms. The Hall–Kier alpha value is -3.00. The van der Waals surface area contributed by atoms with Crippen LogP contribution in [-0.4, -0.2) is 33.1 Å². The van der Waals surface area contributed by atoms with Gasteiger partial charge in [0.05, 0.1) is 18.3 Å². The molecule has 6 rings (SSSR count). The largest absolute Gasteiger partial charge is 0.390 e. The molecule has 0 amide bonds. The van der Waals surface area contributed by atoms with E-state index in [4.69, 9.17) is 15.7 Å². The fourth-order valence-corrected chi connectivity index (χ4v) is 6.46. The van der Waals surface area contributed by atoms with Crippen molar-refractivity contribution in [2.45, 2.75) is 41.8 Å². The SMILES string of the molecule is N[C@@H]1c2ccccc2CC12CCN(c1ncc(Sc3ccnc4ccccc34)nc1CO)CC2. The maximum atomic E-state index is 10.1. The van der Waals surface area contributed by atoms with E-state index in [1.807, 2.05) is 36.7 Å². The standard InChI is InChI=1S/C27H27N5OS/c28-25-19-6-2-1-5-18(19)15-27(25)10-13-32(14-11-27)26-22(17-33)31-24(16-30-26)34-23-9-12-29-21-8-4-3-7-20(21)23/h1-9,12,16,25,33H,10-11,13-15,17,28H2/t25-/m1/s1. The van der Waals surface area contributed by atoms with Crippen molar-refractivity contribution < 1.29 is 5.11 Å². The fourth-order valence-electron chi connectivity index (χ4n) is 5.56. The number of nitrogens with zero attached hydrogens (tertiary/aromatic N) is 4. The number of hydrogen-bond donors (Lipinski definition) is 2. The van der Waals surface area contributed by atoms with Crippen molar-refractivity contribution in [3.8, 4) is 0 Å². The van der Waals surface area contributed by atoms with Crippen molar-refractivity contribution in [2.24, 2.45) is 11.1 Å². The summed E-state index contributed by atoms with van der Waals surface area (Å²) in [6, 6.07) is 18.7. The van der Waals surface area contributed by atoms with Gasteiger partial charge in [-0.05, 0) is 47.9 Å². The Morgan fingerprint density at radius 1 is 1.03 bits per heavy atom. The molecule has 1 saturated heterocycles. The van der Waals surface area contributed by atoms with E-state index >= 15 is 0 Å². The quantitative estimate of drug-likeness (QED) is 0.455. The molecule has 3 N–H and O–H groups in total. The molecule has 0 radical (unpaired) electrons. The number of pyridine rings is 1. The molecule has 3 heterocycles. The Bertz CT molecular complexity index is 1350. The summed E-state index contributed by atoms with van der Waals surface area (Å²) in [4.78, 5) is 17.3. The second-order valence-corrected chi connectivity index (χ2v) is 10.3. The zero-order valence-electron chi connectivity index (χ0n) is 18.9. The zero-order chi connectivity index (χ0) is 23.1. The molecule has 2 aromatic heterocycles. The molecule has 0 bridgehead atoms. The van der Waals surface area contributed by atoms with Gasteiger partial charge in [-0.2, -0.15) is 0 Å². The Morgan fingerprint density at radius 2 is 1.82 bits per heavy atom. The average Bonchev–Trinajstić information content (AvgIpc) is 3.16. The maximum absolute atomic E-state index is 10.1. The molecule has 4 aromatic rings. The van der Waals surface area contributed by atoms with Gasteiger partial charge in [-0.15, -0.1) is 0 Å². The first-order valence-corrected chi connectivity index (χ1v) is 12.6. The van der Waals surface area contributed by atoms with Gasteiger partial charge < -0.3 is 15.7 Å². The number of aliphatic hydroxyl groups is 1. The minimum atomic E-state index is -0.138. The van der Waals surface area contributed by atoms with Crippen LogP contribution >= 0.6 is 11.8 Å². The van der Waals surface area contributed by atoms with Crippen LogP contribution in [0.25, 0.3) is 10.9 Å². The van der Waals surface area contributed by atoms with Gasteiger partial charge >= 0.3 is 0 Å². The van der Waals surface area contributed by atoms with Gasteiger partial charge in [-0.1, -0.05) is 54.2 Å². The van der Waals surface area contributed by atoms with Crippen molar-refractivity contribution in [1.29, 1.82) is 0 Å². The molecule has 0 saturated carbocycles. The van der Waals surface area contributed by atoms with E-state index in [-0.39, 0.29) is 18.1 Å². The Labute approximate surface area is 203 Å². The van der Waals surface area contributed by atoms with Crippen LogP contribution in [0.5, 0.6) is 0 Å². The highest BCUT2D eigenvalue weighted by molar-refractivity contribution is 7.99. The molecule has 1 atom stereocenters. The van der Waals surface area contributed by atoms with Gasteiger partial charge in [0.1, 0.15) is 10.7 Å². The summed E-state index contributed by atoms with van der Waals surface area (Å²) in [5.41, 5.74) is 11.1. The van der Waals surface area contributed by atoms with E-state index in [1.165, 1.54) is 11.1 Å². The summed E-state index contributed by atoms with van der Waals surface area (Å²) in [6.45, 7) is 1.59. The summed E-state index contributed by atoms with van der Waals surface area (Å²) in [5, 5.41) is 12.0. The summed E-state index contributed by atoms with van der Waals surface area (Å²) in [5.74, 6) is 0.783. The molecule has 1 fully saturated rings. The number of hydrogen-bond acceptors (Lipinski definition) is 7. The summed E-state index contributed by atoms with van der Waals surface area (Å²) in [7, 11) is 0. The lowest BCUT2D eigenvalue weighted by atomic mass is 9.73. The molecular formula is C27H27N5OS. The van der Waals surface area contributed by atoms with Crippen LogP contribution < -0.4 is 10.6 Å². The number of benzene rings is 2. The van der Waals surface area contributed by atoms with E-state index < -0.39 is 0 Å². The number of anilines is 1. The summed E-state index contributed by atoms with van der Waals surface area (Å²) >= 11 is 1.55. The third-order valence-electron chi connectivity index (χ3n) is 7.43. The van der Waals surface area contributed by atoms with Gasteiger partial charge in [-0.3, -0.25) is 4.98 Å². The molecular weight excluding hydrogens is 442 g/mol. The number of aromatic nitrogens is 3. The number of rotatable bonds is 4. The molecule has 1 aliphatic carbocycles. The summed E-state index contributed by atoms with van der Waals surface area (Å²) in [6.07, 6.45) is 6.70. The van der Waals surface area contributed by atoms with Gasteiger partial charge in [0.25, 0.3) is 0 Å². The van der Waals surface area contributed by atoms with Crippen LogP contribution in [0.3, 0.4) is 0 Å². The van der Waals surface area contributed by atoms with Crippen LogP contribution in [-0.2, 0) is 13.0 Å². The van der Waals surface area contributed by atoms with E-state index in [2.05, 4.69) is 40.2 Å². The second kappa shape index (κ2) is 8.65. The third-order valence-corrected chi connectivity index (χ3v) is 8.41. The minimum absolute atomic E-state index is 0.0863. The van der Waals surface area contributed by atoms with Crippen LogP contribution in [0.2, 0.25) is 0 Å². The van der Waals surface area contributed by atoms with E-state index in [1.54, 1.807) is 11.8 Å². The Kier molecular flexibility index (Phi) is 5.48. The van der Waals surface area contributed by atoms with Crippen molar-refractivity contribution >= 4 is 28.5 Å². The molecule has 172 valence electrons. The van der Waals surface area contributed by atoms with Gasteiger partial charge in [0, 0.05) is 35.6 Å². The van der Waals surface area contributed by atoms with E-state index in [9.17, 15) is 5.11 Å². The highest BCUT2D eigenvalue weighted by Crippen LogP contribution is 2.51. The highest BCUT2D eigenvalue weighted by Gasteiger charge is 2.46. The fraction of sp³-hybridized carbons (Fsp3) is 0.296. The number of piperidine rings is 1. The first-order valence-electron chi connectivity index (χ1n) is 11.7.